The first kappa shape index (κ1) is 13.8. The van der Waals surface area contributed by atoms with Gasteiger partial charge < -0.3 is 15.2 Å². The molecule has 2 aliphatic rings. The van der Waals surface area contributed by atoms with E-state index in [2.05, 4.69) is 10.2 Å². The van der Waals surface area contributed by atoms with Gasteiger partial charge in [0.05, 0.1) is 12.6 Å². The molecular weight excluding hydrogens is 232 g/mol. The van der Waals surface area contributed by atoms with Gasteiger partial charge in [-0.05, 0) is 44.7 Å². The van der Waals surface area contributed by atoms with Gasteiger partial charge in [0.15, 0.2) is 0 Å². The van der Waals surface area contributed by atoms with E-state index < -0.39 is 0 Å². The van der Waals surface area contributed by atoms with Crippen LogP contribution < -0.4 is 5.32 Å². The molecule has 0 radical (unpaired) electrons. The van der Waals surface area contributed by atoms with Crippen LogP contribution in [0.1, 0.15) is 25.7 Å². The number of ether oxygens (including phenoxy) is 1. The van der Waals surface area contributed by atoms with Gasteiger partial charge in [-0.15, -0.1) is 0 Å². The minimum Gasteiger partial charge on any atom is -0.396 e. The molecule has 5 heteroatoms. The fourth-order valence-corrected chi connectivity index (χ4v) is 2.62. The number of piperidine rings is 1. The molecule has 2 fully saturated rings. The lowest BCUT2D eigenvalue weighted by atomic mass is 9.98. The van der Waals surface area contributed by atoms with Crippen LogP contribution in [-0.2, 0) is 9.53 Å². The number of carbonyl (C=O) groups excluding carboxylic acids is 1. The first-order valence-corrected chi connectivity index (χ1v) is 6.99. The fourth-order valence-electron chi connectivity index (χ4n) is 2.62. The Morgan fingerprint density at radius 1 is 1.33 bits per heavy atom. The zero-order chi connectivity index (χ0) is 12.8. The smallest absolute Gasteiger partial charge is 0.234 e. The highest BCUT2D eigenvalue weighted by Gasteiger charge is 2.21. The summed E-state index contributed by atoms with van der Waals surface area (Å²) in [5, 5.41) is 12.0. The Morgan fingerprint density at radius 2 is 2.11 bits per heavy atom. The Kier molecular flexibility index (Phi) is 5.41. The minimum atomic E-state index is 0.0907. The SMILES string of the molecule is O=C(CN1CCC(CO)CC1)NCC1CCCO1. The molecule has 0 aliphatic carbocycles. The number of rotatable bonds is 5. The molecule has 1 unspecified atom stereocenters. The van der Waals surface area contributed by atoms with Gasteiger partial charge in [-0.3, -0.25) is 9.69 Å². The van der Waals surface area contributed by atoms with Gasteiger partial charge in [-0.1, -0.05) is 0 Å². The fraction of sp³-hybridized carbons (Fsp3) is 0.923. The number of amides is 1. The number of nitrogens with one attached hydrogen (secondary N) is 1. The number of hydrogen-bond donors (Lipinski definition) is 2. The van der Waals surface area contributed by atoms with Crippen LogP contribution in [0.25, 0.3) is 0 Å². The van der Waals surface area contributed by atoms with E-state index in [1.165, 1.54) is 0 Å². The molecule has 2 rings (SSSR count). The summed E-state index contributed by atoms with van der Waals surface area (Å²) in [6, 6.07) is 0. The van der Waals surface area contributed by atoms with Crippen molar-refractivity contribution >= 4 is 5.91 Å². The van der Waals surface area contributed by atoms with E-state index in [1.54, 1.807) is 0 Å². The molecule has 0 saturated carbocycles. The topological polar surface area (TPSA) is 61.8 Å². The number of nitrogens with zero attached hydrogens (tertiary/aromatic N) is 1. The summed E-state index contributed by atoms with van der Waals surface area (Å²) in [4.78, 5) is 13.9. The zero-order valence-electron chi connectivity index (χ0n) is 10.9. The van der Waals surface area contributed by atoms with Crippen molar-refractivity contribution in [2.75, 3.05) is 39.4 Å². The maximum absolute atomic E-state index is 11.8. The van der Waals surface area contributed by atoms with Gasteiger partial charge in [0, 0.05) is 19.8 Å². The summed E-state index contributed by atoms with van der Waals surface area (Å²) >= 11 is 0. The van der Waals surface area contributed by atoms with Crippen molar-refractivity contribution in [3.05, 3.63) is 0 Å². The molecule has 0 spiro atoms. The van der Waals surface area contributed by atoms with Crippen LogP contribution in [0.15, 0.2) is 0 Å². The largest absolute Gasteiger partial charge is 0.396 e. The Labute approximate surface area is 108 Å². The molecule has 2 aliphatic heterocycles. The van der Waals surface area contributed by atoms with Crippen LogP contribution in [0.2, 0.25) is 0 Å². The predicted molar refractivity (Wildman–Crippen MR) is 68.2 cm³/mol. The second-order valence-corrected chi connectivity index (χ2v) is 5.34. The van der Waals surface area contributed by atoms with Crippen molar-refractivity contribution in [2.45, 2.75) is 31.8 Å². The summed E-state index contributed by atoms with van der Waals surface area (Å²) < 4.78 is 5.47. The van der Waals surface area contributed by atoms with E-state index in [0.717, 1.165) is 45.4 Å². The predicted octanol–water partition coefficient (Wildman–Crippen LogP) is -0.0141. The van der Waals surface area contributed by atoms with Crippen molar-refractivity contribution < 1.29 is 14.6 Å². The van der Waals surface area contributed by atoms with Crippen molar-refractivity contribution in [1.29, 1.82) is 0 Å². The molecule has 0 aromatic carbocycles. The minimum absolute atomic E-state index is 0.0907. The van der Waals surface area contributed by atoms with Crippen molar-refractivity contribution in [3.8, 4) is 0 Å². The molecule has 1 amide bonds. The van der Waals surface area contributed by atoms with E-state index >= 15 is 0 Å². The summed E-state index contributed by atoms with van der Waals surface area (Å²) in [5.41, 5.74) is 0. The van der Waals surface area contributed by atoms with Gasteiger partial charge in [0.1, 0.15) is 0 Å². The van der Waals surface area contributed by atoms with Gasteiger partial charge in [-0.2, -0.15) is 0 Å². The highest BCUT2D eigenvalue weighted by atomic mass is 16.5. The molecule has 2 heterocycles. The van der Waals surface area contributed by atoms with Crippen LogP contribution >= 0.6 is 0 Å². The lowest BCUT2D eigenvalue weighted by Gasteiger charge is -2.30. The molecule has 104 valence electrons. The number of aliphatic hydroxyl groups excluding tert-OH is 1. The second kappa shape index (κ2) is 7.07. The number of hydrogen-bond acceptors (Lipinski definition) is 4. The average molecular weight is 256 g/mol. The summed E-state index contributed by atoms with van der Waals surface area (Å²) in [6.45, 7) is 4.06. The third-order valence-electron chi connectivity index (χ3n) is 3.88. The normalized spacial score (nSPS) is 26.4. The van der Waals surface area contributed by atoms with E-state index in [-0.39, 0.29) is 18.6 Å². The monoisotopic (exact) mass is 256 g/mol. The van der Waals surface area contributed by atoms with Gasteiger partial charge in [-0.25, -0.2) is 0 Å². The quantitative estimate of drug-likeness (QED) is 0.726. The first-order valence-electron chi connectivity index (χ1n) is 6.99. The third-order valence-corrected chi connectivity index (χ3v) is 3.88. The van der Waals surface area contributed by atoms with E-state index in [1.807, 2.05) is 0 Å². The average Bonchev–Trinajstić information content (AvgIpc) is 2.90. The summed E-state index contributed by atoms with van der Waals surface area (Å²) in [6.07, 6.45) is 4.37. The van der Waals surface area contributed by atoms with E-state index in [4.69, 9.17) is 9.84 Å². The lowest BCUT2D eigenvalue weighted by Crippen LogP contribution is -2.43. The van der Waals surface area contributed by atoms with Crippen LogP contribution in [0.4, 0.5) is 0 Å². The van der Waals surface area contributed by atoms with Crippen molar-refractivity contribution in [3.63, 3.8) is 0 Å². The number of aliphatic hydroxyl groups is 1. The Hall–Kier alpha value is -0.650. The second-order valence-electron chi connectivity index (χ2n) is 5.34. The zero-order valence-corrected chi connectivity index (χ0v) is 10.9. The molecule has 0 bridgehead atoms. The van der Waals surface area contributed by atoms with Crippen LogP contribution in [0, 0.1) is 5.92 Å². The standard InChI is InChI=1S/C13H24N2O3/c16-10-11-3-5-15(6-4-11)9-13(17)14-8-12-2-1-7-18-12/h11-12,16H,1-10H2,(H,14,17). The molecule has 2 N–H and O–H groups in total. The maximum atomic E-state index is 11.8. The van der Waals surface area contributed by atoms with Gasteiger partial charge in [0.25, 0.3) is 0 Å². The molecular formula is C13H24N2O3. The maximum Gasteiger partial charge on any atom is 0.234 e. The Bertz CT molecular complexity index is 259. The molecule has 1 atom stereocenters. The highest BCUT2D eigenvalue weighted by Crippen LogP contribution is 2.15. The van der Waals surface area contributed by atoms with Gasteiger partial charge in [0.2, 0.25) is 5.91 Å². The molecule has 2 saturated heterocycles. The van der Waals surface area contributed by atoms with Crippen LogP contribution in [0.5, 0.6) is 0 Å². The first-order chi connectivity index (χ1) is 8.78. The molecule has 5 nitrogen and oxygen atoms in total. The highest BCUT2D eigenvalue weighted by molar-refractivity contribution is 5.78. The third kappa shape index (κ3) is 4.23. The van der Waals surface area contributed by atoms with Crippen LogP contribution in [-0.4, -0.2) is 61.4 Å². The van der Waals surface area contributed by atoms with Crippen LogP contribution in [0.3, 0.4) is 0 Å². The molecule has 0 aromatic rings. The lowest BCUT2D eigenvalue weighted by molar-refractivity contribution is -0.123. The number of carbonyl (C=O) groups is 1. The van der Waals surface area contributed by atoms with Crippen molar-refractivity contribution in [1.82, 2.24) is 10.2 Å². The molecule has 0 aromatic heterocycles. The van der Waals surface area contributed by atoms with Crippen molar-refractivity contribution in [2.24, 2.45) is 5.92 Å². The summed E-state index contributed by atoms with van der Waals surface area (Å²) in [7, 11) is 0. The molecule has 18 heavy (non-hydrogen) atoms. The number of likely N-dealkylation sites (tertiary alicyclic amines) is 1. The van der Waals surface area contributed by atoms with Gasteiger partial charge >= 0.3 is 0 Å². The van der Waals surface area contributed by atoms with E-state index in [0.29, 0.717) is 19.0 Å². The Balaban J connectivity index is 1.59. The Morgan fingerprint density at radius 3 is 2.72 bits per heavy atom. The van der Waals surface area contributed by atoms with E-state index in [9.17, 15) is 4.79 Å². The summed E-state index contributed by atoms with van der Waals surface area (Å²) in [5.74, 6) is 0.518.